The molecule has 2 aromatic rings. The SMILES string of the molecule is COc1cc(C#N)ccc1Oc1ccc([C@H](C)O)c(Br)c1. The summed E-state index contributed by atoms with van der Waals surface area (Å²) in [6.45, 7) is 1.70. The molecule has 0 amide bonds. The van der Waals surface area contributed by atoms with Gasteiger partial charge in [0.15, 0.2) is 11.5 Å². The van der Waals surface area contributed by atoms with Crippen LogP contribution in [-0.2, 0) is 0 Å². The van der Waals surface area contributed by atoms with Crippen molar-refractivity contribution >= 4 is 15.9 Å². The lowest BCUT2D eigenvalue weighted by atomic mass is 10.1. The predicted molar refractivity (Wildman–Crippen MR) is 82.6 cm³/mol. The third-order valence-corrected chi connectivity index (χ3v) is 3.63. The minimum atomic E-state index is -0.558. The van der Waals surface area contributed by atoms with Crippen molar-refractivity contribution in [1.82, 2.24) is 0 Å². The highest BCUT2D eigenvalue weighted by Crippen LogP contribution is 2.34. The Bertz CT molecular complexity index is 692. The van der Waals surface area contributed by atoms with Crippen molar-refractivity contribution in [2.45, 2.75) is 13.0 Å². The highest BCUT2D eigenvalue weighted by molar-refractivity contribution is 9.10. The van der Waals surface area contributed by atoms with E-state index >= 15 is 0 Å². The zero-order valence-electron chi connectivity index (χ0n) is 11.6. The zero-order chi connectivity index (χ0) is 15.4. The van der Waals surface area contributed by atoms with Gasteiger partial charge in [0.1, 0.15) is 5.75 Å². The van der Waals surface area contributed by atoms with E-state index < -0.39 is 6.10 Å². The van der Waals surface area contributed by atoms with Gasteiger partial charge in [-0.3, -0.25) is 0 Å². The predicted octanol–water partition coefficient (Wildman–Crippen LogP) is 4.17. The Hall–Kier alpha value is -2.03. The molecule has 0 heterocycles. The average molecular weight is 348 g/mol. The van der Waals surface area contributed by atoms with Crippen molar-refractivity contribution in [3.05, 3.63) is 52.0 Å². The van der Waals surface area contributed by atoms with Crippen molar-refractivity contribution in [1.29, 1.82) is 5.26 Å². The molecular formula is C16H14BrNO3. The molecule has 0 radical (unpaired) electrons. The first-order valence-corrected chi connectivity index (χ1v) is 7.08. The van der Waals surface area contributed by atoms with Crippen molar-refractivity contribution in [2.24, 2.45) is 0 Å². The highest BCUT2D eigenvalue weighted by atomic mass is 79.9. The Morgan fingerprint density at radius 3 is 2.52 bits per heavy atom. The van der Waals surface area contributed by atoms with E-state index in [0.29, 0.717) is 22.8 Å². The standard InChI is InChI=1S/C16H14BrNO3/c1-10(19)13-5-4-12(8-14(13)17)21-15-6-3-11(9-18)7-16(15)20-2/h3-8,10,19H,1-2H3/t10-/m0/s1. The summed E-state index contributed by atoms with van der Waals surface area (Å²) in [5.41, 5.74) is 1.29. The normalized spacial score (nSPS) is 11.6. The van der Waals surface area contributed by atoms with Crippen LogP contribution in [0.3, 0.4) is 0 Å². The molecule has 108 valence electrons. The summed E-state index contributed by atoms with van der Waals surface area (Å²) in [5, 5.41) is 18.5. The van der Waals surface area contributed by atoms with Crippen LogP contribution in [0, 0.1) is 11.3 Å². The second-order valence-corrected chi connectivity index (χ2v) is 5.29. The van der Waals surface area contributed by atoms with E-state index in [9.17, 15) is 5.11 Å². The Labute approximate surface area is 131 Å². The van der Waals surface area contributed by atoms with Gasteiger partial charge in [-0.15, -0.1) is 0 Å². The second-order valence-electron chi connectivity index (χ2n) is 4.44. The van der Waals surface area contributed by atoms with Crippen LogP contribution < -0.4 is 9.47 Å². The number of methoxy groups -OCH3 is 1. The van der Waals surface area contributed by atoms with E-state index in [-0.39, 0.29) is 0 Å². The van der Waals surface area contributed by atoms with E-state index in [1.165, 1.54) is 7.11 Å². The van der Waals surface area contributed by atoms with E-state index in [0.717, 1.165) is 10.0 Å². The van der Waals surface area contributed by atoms with Gasteiger partial charge in [0.2, 0.25) is 0 Å². The Morgan fingerprint density at radius 2 is 1.95 bits per heavy atom. The number of nitriles is 1. The number of hydrogen-bond donors (Lipinski definition) is 1. The molecule has 0 unspecified atom stereocenters. The fourth-order valence-corrected chi connectivity index (χ4v) is 2.55. The van der Waals surface area contributed by atoms with Gasteiger partial charge in [-0.2, -0.15) is 5.26 Å². The molecule has 1 atom stereocenters. The smallest absolute Gasteiger partial charge is 0.169 e. The van der Waals surface area contributed by atoms with Crippen LogP contribution in [0.25, 0.3) is 0 Å². The van der Waals surface area contributed by atoms with Gasteiger partial charge in [-0.25, -0.2) is 0 Å². The molecule has 0 aromatic heterocycles. The van der Waals surface area contributed by atoms with Gasteiger partial charge in [-0.1, -0.05) is 22.0 Å². The zero-order valence-corrected chi connectivity index (χ0v) is 13.2. The molecule has 2 aromatic carbocycles. The van der Waals surface area contributed by atoms with Crippen molar-refractivity contribution in [3.8, 4) is 23.3 Å². The maximum atomic E-state index is 9.60. The molecule has 0 saturated heterocycles. The van der Waals surface area contributed by atoms with E-state index in [1.54, 1.807) is 43.3 Å². The maximum Gasteiger partial charge on any atom is 0.169 e. The van der Waals surface area contributed by atoms with Crippen LogP contribution in [0.4, 0.5) is 0 Å². The van der Waals surface area contributed by atoms with Crippen molar-refractivity contribution < 1.29 is 14.6 Å². The highest BCUT2D eigenvalue weighted by Gasteiger charge is 2.10. The van der Waals surface area contributed by atoms with Crippen LogP contribution in [-0.4, -0.2) is 12.2 Å². The molecule has 21 heavy (non-hydrogen) atoms. The fourth-order valence-electron chi connectivity index (χ4n) is 1.86. The molecule has 2 rings (SSSR count). The van der Waals surface area contributed by atoms with Crippen LogP contribution >= 0.6 is 15.9 Å². The summed E-state index contributed by atoms with van der Waals surface area (Å²) < 4.78 is 11.8. The summed E-state index contributed by atoms with van der Waals surface area (Å²) in [4.78, 5) is 0. The van der Waals surface area contributed by atoms with Gasteiger partial charge in [0.25, 0.3) is 0 Å². The Balaban J connectivity index is 2.30. The first-order valence-electron chi connectivity index (χ1n) is 6.28. The third-order valence-electron chi connectivity index (χ3n) is 2.94. The monoisotopic (exact) mass is 347 g/mol. The Kier molecular flexibility index (Phi) is 4.84. The topological polar surface area (TPSA) is 62.5 Å². The van der Waals surface area contributed by atoms with Crippen molar-refractivity contribution in [2.75, 3.05) is 7.11 Å². The number of ether oxygens (including phenoxy) is 2. The molecule has 0 spiro atoms. The maximum absolute atomic E-state index is 9.60. The molecule has 0 fully saturated rings. The summed E-state index contributed by atoms with van der Waals surface area (Å²) in [7, 11) is 1.52. The quantitative estimate of drug-likeness (QED) is 0.901. The summed E-state index contributed by atoms with van der Waals surface area (Å²) in [6.07, 6.45) is -0.558. The molecule has 0 aliphatic carbocycles. The fraction of sp³-hybridized carbons (Fsp3) is 0.188. The van der Waals surface area contributed by atoms with E-state index in [4.69, 9.17) is 14.7 Å². The summed E-state index contributed by atoms with van der Waals surface area (Å²) in [6, 6.07) is 12.4. The van der Waals surface area contributed by atoms with E-state index in [2.05, 4.69) is 22.0 Å². The van der Waals surface area contributed by atoms with E-state index in [1.807, 2.05) is 0 Å². The third kappa shape index (κ3) is 3.54. The molecule has 1 N–H and O–H groups in total. The van der Waals surface area contributed by atoms with Gasteiger partial charge < -0.3 is 14.6 Å². The van der Waals surface area contributed by atoms with Gasteiger partial charge in [-0.05, 0) is 36.8 Å². The molecule has 0 aliphatic rings. The molecule has 0 saturated carbocycles. The molecule has 4 nitrogen and oxygen atoms in total. The minimum absolute atomic E-state index is 0.491. The number of rotatable bonds is 4. The largest absolute Gasteiger partial charge is 0.493 e. The molecular weight excluding hydrogens is 334 g/mol. The van der Waals surface area contributed by atoms with Gasteiger partial charge in [0, 0.05) is 10.5 Å². The summed E-state index contributed by atoms with van der Waals surface area (Å²) in [5.74, 6) is 1.62. The summed E-state index contributed by atoms with van der Waals surface area (Å²) >= 11 is 3.41. The number of aliphatic hydroxyl groups is 1. The lowest BCUT2D eigenvalue weighted by Gasteiger charge is -2.13. The lowest BCUT2D eigenvalue weighted by molar-refractivity contribution is 0.198. The first-order chi connectivity index (χ1) is 10.0. The van der Waals surface area contributed by atoms with Crippen molar-refractivity contribution in [3.63, 3.8) is 0 Å². The molecule has 0 aliphatic heterocycles. The van der Waals surface area contributed by atoms with Gasteiger partial charge >= 0.3 is 0 Å². The van der Waals surface area contributed by atoms with Crippen LogP contribution in [0.2, 0.25) is 0 Å². The molecule has 5 heteroatoms. The lowest BCUT2D eigenvalue weighted by Crippen LogP contribution is -1.94. The first kappa shape index (κ1) is 15.4. The number of aliphatic hydroxyl groups excluding tert-OH is 1. The minimum Gasteiger partial charge on any atom is -0.493 e. The van der Waals surface area contributed by atoms with Crippen LogP contribution in [0.15, 0.2) is 40.9 Å². The van der Waals surface area contributed by atoms with Crippen LogP contribution in [0.5, 0.6) is 17.2 Å². The number of benzene rings is 2. The number of nitrogens with zero attached hydrogens (tertiary/aromatic N) is 1. The number of halogens is 1. The Morgan fingerprint density at radius 1 is 1.19 bits per heavy atom. The number of hydrogen-bond acceptors (Lipinski definition) is 4. The molecule has 0 bridgehead atoms. The van der Waals surface area contributed by atoms with Crippen LogP contribution in [0.1, 0.15) is 24.2 Å². The second kappa shape index (κ2) is 6.61. The van der Waals surface area contributed by atoms with Gasteiger partial charge in [0.05, 0.1) is 24.8 Å². The average Bonchev–Trinajstić information content (AvgIpc) is 2.47.